The van der Waals surface area contributed by atoms with Gasteiger partial charge in [-0.05, 0) is 24.1 Å². The molecule has 1 heterocycles. The molecule has 2 nitrogen and oxygen atoms in total. The number of nitrogens with one attached hydrogen (secondary N) is 1. The van der Waals surface area contributed by atoms with Gasteiger partial charge in [0.1, 0.15) is 0 Å². The van der Waals surface area contributed by atoms with Crippen LogP contribution in [-0.4, -0.2) is 5.91 Å². The van der Waals surface area contributed by atoms with E-state index < -0.39 is 0 Å². The topological polar surface area (TPSA) is 29.1 Å². The molecule has 1 aliphatic rings. The third kappa shape index (κ3) is 1.75. The zero-order chi connectivity index (χ0) is 11.0. The van der Waals surface area contributed by atoms with Gasteiger partial charge in [-0.3, -0.25) is 4.79 Å². The minimum atomic E-state index is -0.101. The molecule has 0 spiro atoms. The first-order valence-corrected chi connectivity index (χ1v) is 5.29. The number of amides is 1. The Morgan fingerprint density at radius 3 is 2.73 bits per heavy atom. The first-order chi connectivity index (χ1) is 7.13. The van der Waals surface area contributed by atoms with Gasteiger partial charge < -0.3 is 5.32 Å². The smallest absolute Gasteiger partial charge is 0.252 e. The van der Waals surface area contributed by atoms with Crippen LogP contribution in [0.25, 0.3) is 0 Å². The molecule has 15 heavy (non-hydrogen) atoms. The summed E-state index contributed by atoms with van der Waals surface area (Å²) >= 11 is 11.8. The minimum Gasteiger partial charge on any atom is -0.345 e. The highest BCUT2D eigenvalue weighted by molar-refractivity contribution is 6.42. The Balaban J connectivity index is 2.50. The van der Waals surface area contributed by atoms with Gasteiger partial charge in [-0.25, -0.2) is 0 Å². The molecule has 0 saturated heterocycles. The van der Waals surface area contributed by atoms with Gasteiger partial charge >= 0.3 is 0 Å². The number of rotatable bonds is 2. The van der Waals surface area contributed by atoms with Gasteiger partial charge in [0.05, 0.1) is 16.1 Å². The van der Waals surface area contributed by atoms with Crippen LogP contribution in [0, 0.1) is 0 Å². The van der Waals surface area contributed by atoms with Crippen molar-refractivity contribution >= 4 is 29.1 Å². The third-order valence-electron chi connectivity index (χ3n) is 2.42. The molecule has 1 atom stereocenters. The van der Waals surface area contributed by atoms with Gasteiger partial charge in [0.2, 0.25) is 0 Å². The van der Waals surface area contributed by atoms with Crippen LogP contribution in [0.15, 0.2) is 24.8 Å². The van der Waals surface area contributed by atoms with E-state index in [2.05, 4.69) is 11.9 Å². The maximum absolute atomic E-state index is 11.6. The quantitative estimate of drug-likeness (QED) is 0.791. The molecule has 0 radical (unpaired) electrons. The van der Waals surface area contributed by atoms with Crippen molar-refractivity contribution in [3.05, 3.63) is 46.0 Å². The molecule has 0 unspecified atom stereocenters. The predicted molar refractivity (Wildman–Crippen MR) is 61.5 cm³/mol. The molecule has 1 aliphatic heterocycles. The second-order valence-electron chi connectivity index (χ2n) is 3.40. The lowest BCUT2D eigenvalue weighted by Gasteiger charge is -2.08. The third-order valence-corrected chi connectivity index (χ3v) is 3.14. The van der Waals surface area contributed by atoms with Crippen molar-refractivity contribution in [2.45, 2.75) is 12.5 Å². The summed E-state index contributed by atoms with van der Waals surface area (Å²) in [6.45, 7) is 3.65. The molecule has 1 aromatic carbocycles. The summed E-state index contributed by atoms with van der Waals surface area (Å²) in [5.41, 5.74) is 1.51. The minimum absolute atomic E-state index is 0.0280. The summed E-state index contributed by atoms with van der Waals surface area (Å²) < 4.78 is 0. The van der Waals surface area contributed by atoms with Crippen LogP contribution in [0.1, 0.15) is 28.4 Å². The molecular weight excluding hydrogens is 233 g/mol. The summed E-state index contributed by atoms with van der Waals surface area (Å²) in [5.74, 6) is -0.101. The maximum atomic E-state index is 11.6. The van der Waals surface area contributed by atoms with Crippen molar-refractivity contribution in [2.24, 2.45) is 0 Å². The van der Waals surface area contributed by atoms with E-state index in [-0.39, 0.29) is 11.9 Å². The monoisotopic (exact) mass is 241 g/mol. The molecule has 0 aliphatic carbocycles. The molecule has 2 rings (SSSR count). The standard InChI is InChI=1S/C11H9Cl2NO/c1-2-3-10-6-4-8(12)9(13)5-7(6)11(15)14-10/h2,4-5,10H,1,3H2,(H,14,15)/t10-/m0/s1. The van der Waals surface area contributed by atoms with Crippen LogP contribution in [-0.2, 0) is 0 Å². The SMILES string of the molecule is C=CC[C@@H]1NC(=O)c2cc(Cl)c(Cl)cc21. The van der Waals surface area contributed by atoms with Crippen molar-refractivity contribution in [1.29, 1.82) is 0 Å². The van der Waals surface area contributed by atoms with Gasteiger partial charge in [0, 0.05) is 5.56 Å². The number of halogens is 2. The number of benzene rings is 1. The molecule has 78 valence electrons. The van der Waals surface area contributed by atoms with Crippen LogP contribution in [0.5, 0.6) is 0 Å². The van der Waals surface area contributed by atoms with E-state index in [1.165, 1.54) is 0 Å². The lowest BCUT2D eigenvalue weighted by atomic mass is 10.0. The average Bonchev–Trinajstić information content (AvgIpc) is 2.46. The van der Waals surface area contributed by atoms with E-state index in [1.54, 1.807) is 18.2 Å². The number of carbonyl (C=O) groups is 1. The number of hydrogen-bond acceptors (Lipinski definition) is 1. The van der Waals surface area contributed by atoms with Crippen LogP contribution >= 0.6 is 23.2 Å². The van der Waals surface area contributed by atoms with E-state index in [9.17, 15) is 4.79 Å². The lowest BCUT2D eigenvalue weighted by Crippen LogP contribution is -2.18. The van der Waals surface area contributed by atoms with Gasteiger partial charge in [-0.15, -0.1) is 6.58 Å². The average molecular weight is 242 g/mol. The number of carbonyl (C=O) groups excluding carboxylic acids is 1. The Labute approximate surface area is 97.9 Å². The molecule has 0 aromatic heterocycles. The van der Waals surface area contributed by atoms with E-state index in [1.807, 2.05) is 0 Å². The second-order valence-corrected chi connectivity index (χ2v) is 4.22. The first kappa shape index (κ1) is 10.5. The fourth-order valence-corrected chi connectivity index (χ4v) is 2.05. The summed E-state index contributed by atoms with van der Waals surface area (Å²) in [7, 11) is 0. The summed E-state index contributed by atoms with van der Waals surface area (Å²) in [5, 5.41) is 3.73. The second kappa shape index (κ2) is 3.87. The molecule has 1 amide bonds. The van der Waals surface area contributed by atoms with Crippen LogP contribution in [0.2, 0.25) is 10.0 Å². The fraction of sp³-hybridized carbons (Fsp3) is 0.182. The molecule has 4 heteroatoms. The maximum Gasteiger partial charge on any atom is 0.252 e. The van der Waals surface area contributed by atoms with E-state index >= 15 is 0 Å². The van der Waals surface area contributed by atoms with Gasteiger partial charge in [-0.1, -0.05) is 29.3 Å². The van der Waals surface area contributed by atoms with Crippen molar-refractivity contribution in [2.75, 3.05) is 0 Å². The highest BCUT2D eigenvalue weighted by Gasteiger charge is 2.28. The number of fused-ring (bicyclic) bond motifs is 1. The molecule has 0 bridgehead atoms. The van der Waals surface area contributed by atoms with E-state index in [0.717, 1.165) is 5.56 Å². The van der Waals surface area contributed by atoms with Gasteiger partial charge in [0.25, 0.3) is 5.91 Å². The highest BCUT2D eigenvalue weighted by Crippen LogP contribution is 2.34. The van der Waals surface area contributed by atoms with Crippen LogP contribution in [0.4, 0.5) is 0 Å². The Kier molecular flexibility index (Phi) is 2.72. The largest absolute Gasteiger partial charge is 0.345 e. The van der Waals surface area contributed by atoms with Crippen LogP contribution in [0.3, 0.4) is 0 Å². The molecule has 0 fully saturated rings. The Hall–Kier alpha value is -0.990. The summed E-state index contributed by atoms with van der Waals surface area (Å²) in [6, 6.07) is 3.32. The number of hydrogen-bond donors (Lipinski definition) is 1. The van der Waals surface area contributed by atoms with Gasteiger partial charge in [0.15, 0.2) is 0 Å². The highest BCUT2D eigenvalue weighted by atomic mass is 35.5. The Bertz CT molecular complexity index is 442. The molecule has 0 saturated carbocycles. The fourth-order valence-electron chi connectivity index (χ4n) is 1.71. The Morgan fingerprint density at radius 1 is 1.40 bits per heavy atom. The molecule has 1 N–H and O–H groups in total. The van der Waals surface area contributed by atoms with Crippen LogP contribution < -0.4 is 5.32 Å². The Morgan fingerprint density at radius 2 is 2.07 bits per heavy atom. The van der Waals surface area contributed by atoms with Crippen molar-refractivity contribution in [3.63, 3.8) is 0 Å². The molecule has 1 aromatic rings. The summed E-state index contributed by atoms with van der Waals surface area (Å²) in [6.07, 6.45) is 2.46. The zero-order valence-corrected chi connectivity index (χ0v) is 9.40. The summed E-state index contributed by atoms with van der Waals surface area (Å²) in [4.78, 5) is 11.6. The van der Waals surface area contributed by atoms with Crippen molar-refractivity contribution in [1.82, 2.24) is 5.32 Å². The van der Waals surface area contributed by atoms with Crippen molar-refractivity contribution in [3.8, 4) is 0 Å². The lowest BCUT2D eigenvalue weighted by molar-refractivity contribution is 0.0956. The first-order valence-electron chi connectivity index (χ1n) is 4.54. The van der Waals surface area contributed by atoms with E-state index in [4.69, 9.17) is 23.2 Å². The van der Waals surface area contributed by atoms with Gasteiger partial charge in [-0.2, -0.15) is 0 Å². The zero-order valence-electron chi connectivity index (χ0n) is 7.89. The van der Waals surface area contributed by atoms with Crippen molar-refractivity contribution < 1.29 is 4.79 Å². The predicted octanol–water partition coefficient (Wildman–Crippen LogP) is 3.35. The molecular formula is C11H9Cl2NO. The normalized spacial score (nSPS) is 18.5. The van der Waals surface area contributed by atoms with E-state index in [0.29, 0.717) is 22.0 Å².